The van der Waals surface area contributed by atoms with Gasteiger partial charge in [0.2, 0.25) is 0 Å². The summed E-state index contributed by atoms with van der Waals surface area (Å²) < 4.78 is 5.93. The van der Waals surface area contributed by atoms with E-state index in [0.29, 0.717) is 11.9 Å². The highest BCUT2D eigenvalue weighted by atomic mass is 16.5. The minimum absolute atomic E-state index is 0.0907. The zero-order valence-electron chi connectivity index (χ0n) is 12.5. The molecular weight excluding hydrogens is 254 g/mol. The van der Waals surface area contributed by atoms with Crippen molar-refractivity contribution in [3.05, 3.63) is 27.9 Å². The van der Waals surface area contributed by atoms with Gasteiger partial charge in [-0.05, 0) is 19.4 Å². The van der Waals surface area contributed by atoms with Crippen molar-refractivity contribution in [1.82, 2.24) is 14.9 Å². The molecule has 1 aromatic rings. The van der Waals surface area contributed by atoms with Crippen molar-refractivity contribution in [3.63, 3.8) is 0 Å². The van der Waals surface area contributed by atoms with Gasteiger partial charge in [-0.2, -0.15) is 0 Å². The van der Waals surface area contributed by atoms with Crippen molar-refractivity contribution in [3.8, 4) is 0 Å². The number of fused-ring (bicyclic) bond motifs is 1. The van der Waals surface area contributed by atoms with Crippen LogP contribution in [0.3, 0.4) is 0 Å². The minimum atomic E-state index is -0.131. The highest BCUT2D eigenvalue weighted by molar-refractivity contribution is 5.14. The van der Waals surface area contributed by atoms with Gasteiger partial charge in [-0.15, -0.1) is 0 Å². The van der Waals surface area contributed by atoms with Crippen LogP contribution in [-0.2, 0) is 10.2 Å². The van der Waals surface area contributed by atoms with Crippen molar-refractivity contribution in [2.24, 2.45) is 0 Å². The molecule has 2 saturated heterocycles. The number of nitrogens with zero attached hydrogens (tertiary/aromatic N) is 2. The molecule has 3 heterocycles. The summed E-state index contributed by atoms with van der Waals surface area (Å²) in [6, 6.07) is 2.15. The molecule has 1 aromatic heterocycles. The number of ether oxygens (including phenoxy) is 1. The Morgan fingerprint density at radius 1 is 1.45 bits per heavy atom. The molecule has 0 amide bonds. The van der Waals surface area contributed by atoms with Crippen molar-refractivity contribution in [1.29, 1.82) is 0 Å². The zero-order valence-corrected chi connectivity index (χ0v) is 12.5. The predicted octanol–water partition coefficient (Wildman–Crippen LogP) is 1.60. The first-order valence-electron chi connectivity index (χ1n) is 7.41. The fraction of sp³-hybridized carbons (Fsp3) is 0.733. The van der Waals surface area contributed by atoms with Crippen LogP contribution < -0.4 is 5.56 Å². The lowest BCUT2D eigenvalue weighted by Crippen LogP contribution is -2.43. The second kappa shape index (κ2) is 4.97. The van der Waals surface area contributed by atoms with E-state index in [9.17, 15) is 4.79 Å². The van der Waals surface area contributed by atoms with Crippen molar-refractivity contribution in [2.45, 2.75) is 51.2 Å². The van der Waals surface area contributed by atoms with Gasteiger partial charge in [0.1, 0.15) is 11.9 Å². The van der Waals surface area contributed by atoms with Gasteiger partial charge in [0.25, 0.3) is 5.56 Å². The monoisotopic (exact) mass is 277 g/mol. The van der Waals surface area contributed by atoms with Gasteiger partial charge < -0.3 is 9.72 Å². The van der Waals surface area contributed by atoms with E-state index in [4.69, 9.17) is 4.74 Å². The van der Waals surface area contributed by atoms with E-state index in [1.807, 2.05) is 0 Å². The fourth-order valence-electron chi connectivity index (χ4n) is 3.00. The van der Waals surface area contributed by atoms with E-state index in [1.54, 1.807) is 6.07 Å². The Kier molecular flexibility index (Phi) is 3.42. The van der Waals surface area contributed by atoms with Crippen LogP contribution in [0.15, 0.2) is 10.9 Å². The van der Waals surface area contributed by atoms with Crippen molar-refractivity contribution >= 4 is 0 Å². The highest BCUT2D eigenvalue weighted by Crippen LogP contribution is 2.29. The van der Waals surface area contributed by atoms with Gasteiger partial charge in [-0.1, -0.05) is 20.8 Å². The maximum absolute atomic E-state index is 11.9. The highest BCUT2D eigenvalue weighted by Gasteiger charge is 2.34. The molecule has 110 valence electrons. The second-order valence-corrected chi connectivity index (χ2v) is 6.88. The zero-order chi connectivity index (χ0) is 14.3. The fourth-order valence-corrected chi connectivity index (χ4v) is 3.00. The van der Waals surface area contributed by atoms with Crippen LogP contribution in [0, 0.1) is 0 Å². The smallest absolute Gasteiger partial charge is 0.251 e. The summed E-state index contributed by atoms with van der Waals surface area (Å²) in [4.78, 5) is 21.8. The number of hydrogen-bond donors (Lipinski definition) is 1. The third kappa shape index (κ3) is 2.65. The summed E-state index contributed by atoms with van der Waals surface area (Å²) in [5.41, 5.74) is 0.601. The van der Waals surface area contributed by atoms with Crippen LogP contribution in [0.4, 0.5) is 0 Å². The Balaban J connectivity index is 1.87. The maximum atomic E-state index is 11.9. The standard InChI is InChI=1S/C15H23N3O2/c1-15(2,3)12-7-13(19)17-14(16-12)11-8-18-6-4-5-10(18)9-20-11/h7,10-11H,4-6,8-9H2,1-3H3,(H,16,17,19). The Labute approximate surface area is 119 Å². The number of morpholine rings is 1. The molecule has 20 heavy (non-hydrogen) atoms. The van der Waals surface area contributed by atoms with Gasteiger partial charge in [0.05, 0.1) is 12.3 Å². The lowest BCUT2D eigenvalue weighted by Gasteiger charge is -2.34. The van der Waals surface area contributed by atoms with E-state index in [-0.39, 0.29) is 17.1 Å². The Hall–Kier alpha value is -1.20. The van der Waals surface area contributed by atoms with E-state index in [1.165, 1.54) is 12.8 Å². The number of hydrogen-bond acceptors (Lipinski definition) is 4. The molecule has 0 aliphatic carbocycles. The summed E-state index contributed by atoms with van der Waals surface area (Å²) in [5.74, 6) is 0.674. The summed E-state index contributed by atoms with van der Waals surface area (Å²) in [6.45, 7) is 8.91. The SMILES string of the molecule is CC(C)(C)c1cc(=O)[nH]c(C2CN3CCCC3CO2)n1. The van der Waals surface area contributed by atoms with Gasteiger partial charge >= 0.3 is 0 Å². The first-order valence-corrected chi connectivity index (χ1v) is 7.41. The average Bonchev–Trinajstić information content (AvgIpc) is 2.84. The quantitative estimate of drug-likeness (QED) is 0.847. The number of aromatic nitrogens is 2. The molecule has 0 radical (unpaired) electrons. The van der Waals surface area contributed by atoms with E-state index in [2.05, 4.69) is 35.6 Å². The van der Waals surface area contributed by atoms with Crippen LogP contribution in [0.1, 0.15) is 51.2 Å². The average molecular weight is 277 g/mol. The third-order valence-corrected chi connectivity index (χ3v) is 4.22. The molecule has 5 heteroatoms. The molecule has 1 N–H and O–H groups in total. The lowest BCUT2D eigenvalue weighted by atomic mass is 9.92. The molecular formula is C15H23N3O2. The molecule has 0 aromatic carbocycles. The van der Waals surface area contributed by atoms with E-state index >= 15 is 0 Å². The minimum Gasteiger partial charge on any atom is -0.367 e. The van der Waals surface area contributed by atoms with Gasteiger partial charge in [-0.3, -0.25) is 9.69 Å². The molecule has 0 spiro atoms. The third-order valence-electron chi connectivity index (χ3n) is 4.22. The van der Waals surface area contributed by atoms with Crippen LogP contribution in [0.25, 0.3) is 0 Å². The normalized spacial score (nSPS) is 27.6. The number of rotatable bonds is 1. The largest absolute Gasteiger partial charge is 0.367 e. The van der Waals surface area contributed by atoms with E-state index in [0.717, 1.165) is 25.4 Å². The van der Waals surface area contributed by atoms with Crippen molar-refractivity contribution in [2.75, 3.05) is 19.7 Å². The van der Waals surface area contributed by atoms with Gasteiger partial charge in [0, 0.05) is 24.1 Å². The summed E-state index contributed by atoms with van der Waals surface area (Å²) in [7, 11) is 0. The summed E-state index contributed by atoms with van der Waals surface area (Å²) >= 11 is 0. The topological polar surface area (TPSA) is 58.2 Å². The predicted molar refractivity (Wildman–Crippen MR) is 76.8 cm³/mol. The number of H-pyrrole nitrogens is 1. The molecule has 0 saturated carbocycles. The Bertz CT molecular complexity index is 547. The number of nitrogens with one attached hydrogen (secondary N) is 1. The first kappa shape index (κ1) is 13.8. The molecule has 0 bridgehead atoms. The van der Waals surface area contributed by atoms with Gasteiger partial charge in [0.15, 0.2) is 0 Å². The second-order valence-electron chi connectivity index (χ2n) is 6.88. The van der Waals surface area contributed by atoms with E-state index < -0.39 is 0 Å². The van der Waals surface area contributed by atoms with Gasteiger partial charge in [-0.25, -0.2) is 4.98 Å². The lowest BCUT2D eigenvalue weighted by molar-refractivity contribution is -0.0543. The van der Waals surface area contributed by atoms with Crippen LogP contribution >= 0.6 is 0 Å². The van der Waals surface area contributed by atoms with Crippen LogP contribution in [0.2, 0.25) is 0 Å². The Morgan fingerprint density at radius 2 is 2.25 bits per heavy atom. The Morgan fingerprint density at radius 3 is 3.00 bits per heavy atom. The molecule has 2 fully saturated rings. The molecule has 2 aliphatic rings. The molecule has 2 aliphatic heterocycles. The molecule has 5 nitrogen and oxygen atoms in total. The summed E-state index contributed by atoms with van der Waals surface area (Å²) in [6.07, 6.45) is 2.35. The summed E-state index contributed by atoms with van der Waals surface area (Å²) in [5, 5.41) is 0. The first-order chi connectivity index (χ1) is 9.43. The maximum Gasteiger partial charge on any atom is 0.251 e. The number of aromatic amines is 1. The molecule has 2 atom stereocenters. The van der Waals surface area contributed by atoms with Crippen LogP contribution in [0.5, 0.6) is 0 Å². The van der Waals surface area contributed by atoms with Crippen LogP contribution in [-0.4, -0.2) is 40.6 Å². The van der Waals surface area contributed by atoms with Crippen molar-refractivity contribution < 1.29 is 4.74 Å². The molecule has 3 rings (SSSR count). The molecule has 2 unspecified atom stereocenters.